The third-order valence-electron chi connectivity index (χ3n) is 1.43. The van der Waals surface area contributed by atoms with Crippen molar-refractivity contribution in [2.24, 2.45) is 0 Å². The Kier molecular flexibility index (Phi) is 0.658. The lowest BCUT2D eigenvalue weighted by Gasteiger charge is -2.13. The van der Waals surface area contributed by atoms with E-state index in [4.69, 9.17) is 0 Å². The predicted molar refractivity (Wildman–Crippen MR) is 31.9 cm³/mol. The van der Waals surface area contributed by atoms with Crippen molar-refractivity contribution in [1.82, 2.24) is 0 Å². The Balaban J connectivity index is 2.94. The van der Waals surface area contributed by atoms with Crippen LogP contribution in [-0.4, -0.2) is 8.42 Å². The normalized spacial score (nSPS) is 18.7. The van der Waals surface area contributed by atoms with Gasteiger partial charge >= 0.3 is 0 Å². The highest BCUT2D eigenvalue weighted by atomic mass is 32.2. The minimum absolute atomic E-state index is 0.444. The summed E-state index contributed by atoms with van der Waals surface area (Å²) in [6.07, 6.45) is 0. The van der Waals surface area contributed by atoms with E-state index in [0.29, 0.717) is 9.79 Å². The van der Waals surface area contributed by atoms with Crippen LogP contribution in [0.25, 0.3) is 0 Å². The van der Waals surface area contributed by atoms with E-state index in [9.17, 15) is 8.42 Å². The standard InChI is InChI=1S/C6H4O2S/c7-9(8)5-2-1-3-6(9)4-5/h1-4H. The average Bonchev–Trinajstić information content (AvgIpc) is 1.89. The van der Waals surface area contributed by atoms with E-state index >= 15 is 0 Å². The zero-order valence-corrected chi connectivity index (χ0v) is 5.35. The Morgan fingerprint density at radius 1 is 1.11 bits per heavy atom. The van der Waals surface area contributed by atoms with Crippen LogP contribution in [-0.2, 0) is 9.84 Å². The van der Waals surface area contributed by atoms with E-state index in [1.807, 2.05) is 0 Å². The number of fused-ring (bicyclic) bond motifs is 2. The predicted octanol–water partition coefficient (Wildman–Crippen LogP) is 0.833. The second kappa shape index (κ2) is 1.19. The van der Waals surface area contributed by atoms with Crippen molar-refractivity contribution in [1.29, 1.82) is 0 Å². The molecule has 0 N–H and O–H groups in total. The van der Waals surface area contributed by atoms with Crippen molar-refractivity contribution in [3.63, 3.8) is 0 Å². The molecule has 3 heteroatoms. The summed E-state index contributed by atoms with van der Waals surface area (Å²) in [5.74, 6) is 0. The highest BCUT2D eigenvalue weighted by Crippen LogP contribution is 2.30. The van der Waals surface area contributed by atoms with Crippen molar-refractivity contribution in [3.8, 4) is 0 Å². The van der Waals surface area contributed by atoms with E-state index in [1.165, 1.54) is 0 Å². The quantitative estimate of drug-likeness (QED) is 0.543. The number of hydrogen-bond acceptors (Lipinski definition) is 2. The van der Waals surface area contributed by atoms with Gasteiger partial charge in [-0.05, 0) is 18.2 Å². The van der Waals surface area contributed by atoms with Crippen molar-refractivity contribution < 1.29 is 8.42 Å². The van der Waals surface area contributed by atoms with Gasteiger partial charge in [-0.2, -0.15) is 0 Å². The van der Waals surface area contributed by atoms with Gasteiger partial charge in [0.2, 0.25) is 9.84 Å². The zero-order chi connectivity index (χ0) is 6.48. The lowest BCUT2D eigenvalue weighted by molar-refractivity contribution is 0.588. The van der Waals surface area contributed by atoms with Gasteiger partial charge in [0.1, 0.15) is 0 Å². The Bertz CT molecular complexity index is 318. The Hall–Kier alpha value is -0.830. The van der Waals surface area contributed by atoms with Crippen LogP contribution in [0.2, 0.25) is 0 Å². The van der Waals surface area contributed by atoms with Crippen LogP contribution in [0.1, 0.15) is 0 Å². The third-order valence-corrected chi connectivity index (χ3v) is 3.18. The van der Waals surface area contributed by atoms with Gasteiger partial charge in [-0.1, -0.05) is 6.07 Å². The van der Waals surface area contributed by atoms with Crippen molar-refractivity contribution in [3.05, 3.63) is 24.3 Å². The molecule has 0 saturated heterocycles. The molecular formula is C6H4O2S. The van der Waals surface area contributed by atoms with Crippen molar-refractivity contribution >= 4 is 9.84 Å². The van der Waals surface area contributed by atoms with Crippen LogP contribution < -0.4 is 0 Å². The molecule has 2 aliphatic heterocycles. The van der Waals surface area contributed by atoms with Crippen molar-refractivity contribution in [2.75, 3.05) is 0 Å². The van der Waals surface area contributed by atoms with Gasteiger partial charge in [0, 0.05) is 0 Å². The summed E-state index contributed by atoms with van der Waals surface area (Å²) >= 11 is 0. The van der Waals surface area contributed by atoms with Gasteiger partial charge in [0.15, 0.2) is 0 Å². The van der Waals surface area contributed by atoms with Crippen LogP contribution in [0.15, 0.2) is 34.1 Å². The number of rotatable bonds is 0. The average molecular weight is 140 g/mol. The molecule has 0 radical (unpaired) electrons. The molecule has 0 amide bonds. The first-order valence-corrected chi connectivity index (χ1v) is 4.05. The molecule has 0 saturated carbocycles. The molecule has 2 nitrogen and oxygen atoms in total. The van der Waals surface area contributed by atoms with Gasteiger partial charge in [-0.3, -0.25) is 0 Å². The van der Waals surface area contributed by atoms with Gasteiger partial charge in [0.25, 0.3) is 0 Å². The topological polar surface area (TPSA) is 34.1 Å². The largest absolute Gasteiger partial charge is 0.219 e. The second-order valence-electron chi connectivity index (χ2n) is 1.98. The summed E-state index contributed by atoms with van der Waals surface area (Å²) in [4.78, 5) is 0.889. The molecule has 2 heterocycles. The van der Waals surface area contributed by atoms with E-state index in [1.54, 1.807) is 24.3 Å². The van der Waals surface area contributed by atoms with Crippen LogP contribution in [0.4, 0.5) is 0 Å². The van der Waals surface area contributed by atoms with E-state index in [0.717, 1.165) is 0 Å². The van der Waals surface area contributed by atoms with Gasteiger partial charge in [0.05, 0.1) is 9.79 Å². The lowest BCUT2D eigenvalue weighted by atomic mass is 10.3. The molecule has 0 aliphatic carbocycles. The van der Waals surface area contributed by atoms with Crippen molar-refractivity contribution in [2.45, 2.75) is 9.79 Å². The summed E-state index contributed by atoms with van der Waals surface area (Å²) in [6, 6.07) is 6.60. The Morgan fingerprint density at radius 2 is 1.67 bits per heavy atom. The third kappa shape index (κ3) is 0.428. The maximum Gasteiger partial charge on any atom is 0.206 e. The molecule has 0 unspecified atom stereocenters. The molecule has 46 valence electrons. The summed E-state index contributed by atoms with van der Waals surface area (Å²) in [5, 5.41) is 0. The van der Waals surface area contributed by atoms with Gasteiger partial charge in [-0.25, -0.2) is 8.42 Å². The van der Waals surface area contributed by atoms with E-state index in [-0.39, 0.29) is 0 Å². The minimum atomic E-state index is -2.93. The summed E-state index contributed by atoms with van der Waals surface area (Å²) in [6.45, 7) is 0. The van der Waals surface area contributed by atoms with Crippen LogP contribution in [0.5, 0.6) is 0 Å². The molecular weight excluding hydrogens is 136 g/mol. The van der Waals surface area contributed by atoms with Crippen LogP contribution >= 0.6 is 0 Å². The number of hydrogen-bond donors (Lipinski definition) is 0. The van der Waals surface area contributed by atoms with Crippen LogP contribution in [0, 0.1) is 0 Å². The zero-order valence-electron chi connectivity index (χ0n) is 4.53. The fourth-order valence-electron chi connectivity index (χ4n) is 0.887. The van der Waals surface area contributed by atoms with E-state index < -0.39 is 9.84 Å². The molecule has 1 aromatic rings. The highest BCUT2D eigenvalue weighted by Gasteiger charge is 2.26. The molecule has 0 aromatic heterocycles. The molecule has 0 spiro atoms. The first kappa shape index (κ1) is 4.99. The fourth-order valence-corrected chi connectivity index (χ4v) is 2.05. The lowest BCUT2D eigenvalue weighted by Crippen LogP contribution is -2.10. The number of sulfone groups is 1. The molecule has 2 bridgehead atoms. The molecule has 1 aromatic carbocycles. The fraction of sp³-hybridized carbons (Fsp3) is 0. The Morgan fingerprint density at radius 3 is 1.89 bits per heavy atom. The smallest absolute Gasteiger partial charge is 0.206 e. The van der Waals surface area contributed by atoms with Gasteiger partial charge in [-0.15, -0.1) is 0 Å². The first-order valence-electron chi connectivity index (χ1n) is 2.56. The first-order chi connectivity index (χ1) is 4.21. The second-order valence-corrected chi connectivity index (χ2v) is 3.93. The van der Waals surface area contributed by atoms with Gasteiger partial charge < -0.3 is 0 Å². The maximum atomic E-state index is 10.8. The molecule has 0 fully saturated rings. The summed E-state index contributed by atoms with van der Waals surface area (Å²) in [5.41, 5.74) is 0. The SMILES string of the molecule is O=S1(=O)c2cccc1c2. The highest BCUT2D eigenvalue weighted by molar-refractivity contribution is 7.92. The molecule has 0 atom stereocenters. The summed E-state index contributed by atoms with van der Waals surface area (Å²) in [7, 11) is -2.93. The number of benzene rings is 1. The molecule has 9 heavy (non-hydrogen) atoms. The van der Waals surface area contributed by atoms with Crippen LogP contribution in [0.3, 0.4) is 0 Å². The Labute approximate surface area is 53.1 Å². The molecule has 3 rings (SSSR count). The minimum Gasteiger partial charge on any atom is -0.219 e. The molecule has 2 aliphatic rings. The summed E-state index contributed by atoms with van der Waals surface area (Å²) < 4.78 is 21.7. The monoisotopic (exact) mass is 140 g/mol. The maximum absolute atomic E-state index is 10.8. The van der Waals surface area contributed by atoms with E-state index in [2.05, 4.69) is 0 Å².